The normalized spacial score (nSPS) is 19.7. The zero-order valence-corrected chi connectivity index (χ0v) is 39.0. The van der Waals surface area contributed by atoms with Crippen molar-refractivity contribution in [3.05, 3.63) is 94.4 Å². The monoisotopic (exact) mass is 956 g/mol. The predicted octanol–water partition coefficient (Wildman–Crippen LogP) is 5.58. The number of nitrogens with zero attached hydrogens (tertiary/aromatic N) is 2. The van der Waals surface area contributed by atoms with Crippen LogP contribution in [-0.4, -0.2) is 105 Å². The van der Waals surface area contributed by atoms with Gasteiger partial charge in [-0.15, -0.1) is 0 Å². The Morgan fingerprint density at radius 2 is 1.37 bits per heavy atom. The summed E-state index contributed by atoms with van der Waals surface area (Å²) in [6.45, 7) is 8.26. The fraction of sp³-hybridized carbons (Fsp3) is 0.463. The molecule has 5 N–H and O–H groups in total. The van der Waals surface area contributed by atoms with Gasteiger partial charge in [0, 0.05) is 58.9 Å². The Labute approximate surface area is 370 Å². The van der Waals surface area contributed by atoms with E-state index >= 15 is 0 Å². The van der Waals surface area contributed by atoms with Gasteiger partial charge in [-0.2, -0.15) is 50.9 Å². The summed E-state index contributed by atoms with van der Waals surface area (Å²) in [5.41, 5.74) is 4.82. The number of carbonyl (C=O) groups is 1. The van der Waals surface area contributed by atoms with E-state index in [2.05, 4.69) is 17.9 Å². The number of nitrogens with one attached hydrogen (secondary N) is 1. The lowest BCUT2D eigenvalue weighted by Crippen LogP contribution is -2.34. The Hall–Kier alpha value is -3.67. The number of fused-ring (bicyclic) bond motifs is 2. The lowest BCUT2D eigenvalue weighted by Gasteiger charge is -2.28. The molecule has 5 rings (SSSR count). The van der Waals surface area contributed by atoms with Gasteiger partial charge in [-0.3, -0.25) is 18.2 Å². The molecule has 0 aromatic heterocycles. The minimum absolute atomic E-state index is 0.163. The van der Waals surface area contributed by atoms with Gasteiger partial charge in [0.1, 0.15) is 12.8 Å². The highest BCUT2D eigenvalue weighted by molar-refractivity contribution is 7.86. The topological polar surface area (TPSA) is 253 Å². The van der Waals surface area contributed by atoms with E-state index in [0.29, 0.717) is 73.4 Å². The number of benzene rings is 2. The maximum atomic E-state index is 12.2. The molecule has 3 aliphatic rings. The number of carbonyl (C=O) groups excluding carboxylic acids is 1. The molecule has 0 fully saturated rings. The van der Waals surface area contributed by atoms with Gasteiger partial charge in [0.25, 0.3) is 40.5 Å². The van der Waals surface area contributed by atoms with Gasteiger partial charge in [-0.25, -0.2) is 0 Å². The summed E-state index contributed by atoms with van der Waals surface area (Å²) in [5.74, 6) is -0.678. The Kier molecular flexibility index (Phi) is 15.0. The third-order valence-corrected chi connectivity index (χ3v) is 15.2. The zero-order chi connectivity index (χ0) is 46.1. The van der Waals surface area contributed by atoms with Crippen LogP contribution in [0.15, 0.2) is 93.0 Å². The van der Waals surface area contributed by atoms with Gasteiger partial charge in [0.2, 0.25) is 5.69 Å². The molecule has 2 heterocycles. The first-order chi connectivity index (χ1) is 28.7. The van der Waals surface area contributed by atoms with Gasteiger partial charge >= 0.3 is 0 Å². The van der Waals surface area contributed by atoms with Gasteiger partial charge in [0.05, 0.1) is 32.8 Å². The van der Waals surface area contributed by atoms with E-state index in [1.807, 2.05) is 61.5 Å². The summed E-state index contributed by atoms with van der Waals surface area (Å²) < 4.78 is 135. The maximum absolute atomic E-state index is 12.2. The molecule has 0 amide bonds. The molecular weight excluding hydrogens is 903 g/mol. The number of anilines is 1. The molecule has 0 unspecified atom stereocenters. The van der Waals surface area contributed by atoms with Crippen LogP contribution in [0.4, 0.5) is 11.4 Å². The van der Waals surface area contributed by atoms with Crippen molar-refractivity contribution in [1.29, 1.82) is 0 Å². The van der Waals surface area contributed by atoms with Crippen molar-refractivity contribution in [3.8, 4) is 0 Å². The molecule has 2 aliphatic heterocycles. The minimum atomic E-state index is -4.53. The standard InChI is InChI=1S/C41H53N3O13S5/c1-40(2)33-24-31(61(52,53)54)14-16-35(33)43(20-5-7-22-59(46,47)48)37(40)18-12-28-10-9-11-29(39(28)42-30(26-45)27-58)13-19-38-41(3,4)34-25-32(62(55,56)57)15-17-36(34)44(38)21-6-8-23-60(49,50)51/h12-19,24-26,30H,5-11,20-23,27H2,1-4H3,(H5,46,47,48,49,50,51,52,53,54,55,56,57,58)/p+1/b28-12+,37-18+/t30-/m1/s1. The fourth-order valence-corrected chi connectivity index (χ4v) is 10.7. The van der Waals surface area contributed by atoms with E-state index in [0.717, 1.165) is 28.8 Å². The molecule has 2 aromatic rings. The highest BCUT2D eigenvalue weighted by Gasteiger charge is 2.45. The van der Waals surface area contributed by atoms with E-state index in [4.69, 9.17) is 0 Å². The lowest BCUT2D eigenvalue weighted by atomic mass is 9.81. The number of aldehydes is 1. The van der Waals surface area contributed by atoms with Crippen LogP contribution in [0.2, 0.25) is 0 Å². The molecule has 0 bridgehead atoms. The molecule has 0 saturated heterocycles. The molecule has 0 radical (unpaired) electrons. The van der Waals surface area contributed by atoms with Crippen molar-refractivity contribution in [3.63, 3.8) is 0 Å². The fourth-order valence-electron chi connectivity index (χ4n) is 8.33. The molecular formula is C41H54N3O13S5+. The summed E-state index contributed by atoms with van der Waals surface area (Å²) in [4.78, 5) is 13.6. The molecule has 340 valence electrons. The second-order valence-corrected chi connectivity index (χ2v) is 23.0. The Bertz CT molecular complexity index is 2720. The largest absolute Gasteiger partial charge is 0.374 e. The van der Waals surface area contributed by atoms with Gasteiger partial charge < -0.3 is 15.0 Å². The molecule has 0 spiro atoms. The molecule has 1 atom stereocenters. The van der Waals surface area contributed by atoms with Crippen molar-refractivity contribution in [2.24, 2.45) is 0 Å². The number of unbranched alkanes of at least 4 members (excludes halogenated alkanes) is 2. The third-order valence-electron chi connectivity index (χ3n) is 11.5. The van der Waals surface area contributed by atoms with Crippen molar-refractivity contribution in [2.45, 2.75) is 99.3 Å². The van der Waals surface area contributed by atoms with Crippen LogP contribution in [0.25, 0.3) is 0 Å². The Balaban J connectivity index is 1.62. The van der Waals surface area contributed by atoms with Gasteiger partial charge in [-0.1, -0.05) is 26.0 Å². The highest BCUT2D eigenvalue weighted by atomic mass is 32.2. The number of hydrogen-bond donors (Lipinski definition) is 6. The lowest BCUT2D eigenvalue weighted by molar-refractivity contribution is -0.438. The average Bonchev–Trinajstić information content (AvgIpc) is 3.51. The van der Waals surface area contributed by atoms with Crippen LogP contribution in [0.1, 0.15) is 83.8 Å². The van der Waals surface area contributed by atoms with Crippen LogP contribution in [0.3, 0.4) is 0 Å². The third kappa shape index (κ3) is 11.5. The average molecular weight is 957 g/mol. The number of hydrogen-bond acceptors (Lipinski definition) is 12. The van der Waals surface area contributed by atoms with Gasteiger partial charge in [0.15, 0.2) is 5.71 Å². The van der Waals surface area contributed by atoms with E-state index < -0.39 is 68.9 Å². The summed E-state index contributed by atoms with van der Waals surface area (Å²) in [6.07, 6.45) is 11.4. The van der Waals surface area contributed by atoms with Crippen LogP contribution < -0.4 is 10.2 Å². The minimum Gasteiger partial charge on any atom is -0.374 e. The first kappa shape index (κ1) is 49.3. The van der Waals surface area contributed by atoms with E-state index in [9.17, 15) is 56.7 Å². The highest BCUT2D eigenvalue weighted by Crippen LogP contribution is 2.49. The molecule has 16 nitrogen and oxygen atoms in total. The van der Waals surface area contributed by atoms with Gasteiger partial charge in [-0.05, 0) is 105 Å². The first-order valence-electron chi connectivity index (χ1n) is 19.9. The van der Waals surface area contributed by atoms with Crippen LogP contribution in [0, 0.1) is 0 Å². The predicted molar refractivity (Wildman–Crippen MR) is 240 cm³/mol. The second kappa shape index (κ2) is 18.8. The van der Waals surface area contributed by atoms with Crippen molar-refractivity contribution in [1.82, 2.24) is 5.32 Å². The van der Waals surface area contributed by atoms with Crippen molar-refractivity contribution >= 4 is 76.5 Å². The SMILES string of the molecule is CC1(C)C(/C=C/C2=C(N[C@H](C=O)CS)C(=C/C=C3/N(CCCCS(=O)(=O)O)c4ccc(S(=O)(=O)O)cc4C3(C)C)/CCC2)=[N+](CCCCS(=O)(=O)O)c2ccc(S(=O)(=O)O)cc21. The summed E-state index contributed by atoms with van der Waals surface area (Å²) in [6, 6.07) is 7.96. The molecule has 2 aromatic carbocycles. The Morgan fingerprint density at radius 1 is 0.774 bits per heavy atom. The number of thiol groups is 1. The van der Waals surface area contributed by atoms with Crippen LogP contribution in [0.5, 0.6) is 0 Å². The summed E-state index contributed by atoms with van der Waals surface area (Å²) in [5, 5.41) is 3.36. The second-order valence-electron chi connectivity index (χ2n) is 16.6. The Morgan fingerprint density at radius 3 is 1.95 bits per heavy atom. The van der Waals surface area contributed by atoms with E-state index in [-0.39, 0.29) is 28.4 Å². The summed E-state index contributed by atoms with van der Waals surface area (Å²) in [7, 11) is -17.4. The van der Waals surface area contributed by atoms with Crippen molar-refractivity contribution < 1.29 is 61.3 Å². The first-order valence-corrected chi connectivity index (χ1v) is 26.6. The molecule has 1 aliphatic carbocycles. The number of rotatable bonds is 19. The molecule has 21 heteroatoms. The van der Waals surface area contributed by atoms with Crippen LogP contribution >= 0.6 is 12.6 Å². The quantitative estimate of drug-likeness (QED) is 0.0331. The van der Waals surface area contributed by atoms with E-state index in [1.165, 1.54) is 24.3 Å². The zero-order valence-electron chi connectivity index (χ0n) is 34.9. The van der Waals surface area contributed by atoms with Crippen molar-refractivity contribution in [2.75, 3.05) is 35.2 Å². The maximum Gasteiger partial charge on any atom is 0.294 e. The molecule has 0 saturated carbocycles. The smallest absolute Gasteiger partial charge is 0.294 e. The number of allylic oxidation sites excluding steroid dienone is 7. The van der Waals surface area contributed by atoms with Crippen LogP contribution in [-0.2, 0) is 56.1 Å². The van der Waals surface area contributed by atoms with E-state index in [1.54, 1.807) is 12.1 Å². The molecule has 62 heavy (non-hydrogen) atoms. The summed E-state index contributed by atoms with van der Waals surface area (Å²) >= 11 is 4.39.